The summed E-state index contributed by atoms with van der Waals surface area (Å²) >= 11 is 0. The summed E-state index contributed by atoms with van der Waals surface area (Å²) in [6.45, 7) is 2.51. The Morgan fingerprint density at radius 3 is 2.57 bits per heavy atom. The maximum Gasteiger partial charge on any atom is 0.416 e. The predicted octanol–water partition coefficient (Wildman–Crippen LogP) is 3.37. The highest BCUT2D eigenvalue weighted by molar-refractivity contribution is 5.34. The van der Waals surface area contributed by atoms with Gasteiger partial charge in [-0.15, -0.1) is 0 Å². The summed E-state index contributed by atoms with van der Waals surface area (Å²) < 4.78 is 53.9. The number of hydrogen-bond acceptors (Lipinski definition) is 2. The van der Waals surface area contributed by atoms with Crippen molar-refractivity contribution in [3.8, 4) is 0 Å². The van der Waals surface area contributed by atoms with Gasteiger partial charge in [0.1, 0.15) is 5.82 Å². The summed E-state index contributed by atoms with van der Waals surface area (Å²) in [5.74, 6) is -0.688. The van der Waals surface area contributed by atoms with Crippen LogP contribution in [-0.2, 0) is 12.7 Å². The third-order valence-electron chi connectivity index (χ3n) is 3.23. The van der Waals surface area contributed by atoms with Gasteiger partial charge in [-0.05, 0) is 32.2 Å². The molecule has 0 radical (unpaired) electrons. The lowest BCUT2D eigenvalue weighted by Crippen LogP contribution is -2.19. The maximum absolute atomic E-state index is 13.9. The average Bonchev–Trinajstić information content (AvgIpc) is 2.89. The SMILES string of the molecule is CCn1cc(C(NC)c2cc(C(F)(F)F)ccc2F)cn1. The Balaban J connectivity index is 2.46. The molecule has 3 nitrogen and oxygen atoms in total. The molecule has 1 heterocycles. The van der Waals surface area contributed by atoms with Gasteiger partial charge in [-0.3, -0.25) is 4.68 Å². The molecule has 21 heavy (non-hydrogen) atoms. The van der Waals surface area contributed by atoms with E-state index in [0.29, 0.717) is 12.1 Å². The standard InChI is InChI=1S/C14H15F4N3/c1-3-21-8-9(7-20-21)13(19-2)11-6-10(14(16,17)18)4-5-12(11)15/h4-8,13,19H,3H2,1-2H3. The molecule has 0 aliphatic rings. The van der Waals surface area contributed by atoms with Crippen LogP contribution >= 0.6 is 0 Å². The van der Waals surface area contributed by atoms with E-state index >= 15 is 0 Å². The van der Waals surface area contributed by atoms with E-state index in [1.165, 1.54) is 6.20 Å². The number of rotatable bonds is 4. The van der Waals surface area contributed by atoms with E-state index in [1.807, 2.05) is 6.92 Å². The second-order valence-electron chi connectivity index (χ2n) is 4.59. The largest absolute Gasteiger partial charge is 0.416 e. The van der Waals surface area contributed by atoms with Gasteiger partial charge >= 0.3 is 6.18 Å². The van der Waals surface area contributed by atoms with Crippen LogP contribution in [0.15, 0.2) is 30.6 Å². The lowest BCUT2D eigenvalue weighted by atomic mass is 9.99. The quantitative estimate of drug-likeness (QED) is 0.878. The number of aryl methyl sites for hydroxylation is 1. The number of benzene rings is 1. The first-order valence-electron chi connectivity index (χ1n) is 6.43. The molecule has 0 bridgehead atoms. The second kappa shape index (κ2) is 5.85. The third kappa shape index (κ3) is 3.24. The molecule has 1 atom stereocenters. The Bertz CT molecular complexity index is 619. The minimum Gasteiger partial charge on any atom is -0.309 e. The molecule has 0 aliphatic heterocycles. The van der Waals surface area contributed by atoms with E-state index < -0.39 is 23.6 Å². The second-order valence-corrected chi connectivity index (χ2v) is 4.59. The topological polar surface area (TPSA) is 29.9 Å². The van der Waals surface area contributed by atoms with Gasteiger partial charge in [-0.25, -0.2) is 4.39 Å². The molecule has 0 spiro atoms. The first-order valence-corrected chi connectivity index (χ1v) is 6.43. The van der Waals surface area contributed by atoms with Crippen molar-refractivity contribution in [2.45, 2.75) is 25.7 Å². The van der Waals surface area contributed by atoms with Crippen LogP contribution in [0.5, 0.6) is 0 Å². The Morgan fingerprint density at radius 1 is 1.33 bits per heavy atom. The Morgan fingerprint density at radius 2 is 2.05 bits per heavy atom. The van der Waals surface area contributed by atoms with Crippen molar-refractivity contribution in [1.82, 2.24) is 15.1 Å². The normalized spacial score (nSPS) is 13.4. The van der Waals surface area contributed by atoms with Crippen LogP contribution in [0.3, 0.4) is 0 Å². The summed E-state index contributed by atoms with van der Waals surface area (Å²) in [5, 5.41) is 6.89. The zero-order valence-corrected chi connectivity index (χ0v) is 11.6. The molecule has 1 aromatic carbocycles. The van der Waals surface area contributed by atoms with Crippen molar-refractivity contribution >= 4 is 0 Å². The molecule has 2 aromatic rings. The van der Waals surface area contributed by atoms with Crippen LogP contribution in [0.4, 0.5) is 17.6 Å². The zero-order chi connectivity index (χ0) is 15.6. The van der Waals surface area contributed by atoms with Crippen LogP contribution in [0.25, 0.3) is 0 Å². The fraction of sp³-hybridized carbons (Fsp3) is 0.357. The lowest BCUT2D eigenvalue weighted by molar-refractivity contribution is -0.137. The fourth-order valence-electron chi connectivity index (χ4n) is 2.14. The molecule has 2 rings (SSSR count). The Kier molecular flexibility index (Phi) is 4.32. The lowest BCUT2D eigenvalue weighted by Gasteiger charge is -2.17. The van der Waals surface area contributed by atoms with Gasteiger partial charge in [0.05, 0.1) is 17.8 Å². The van der Waals surface area contributed by atoms with Crippen molar-refractivity contribution in [3.63, 3.8) is 0 Å². The van der Waals surface area contributed by atoms with Gasteiger partial charge in [-0.2, -0.15) is 18.3 Å². The van der Waals surface area contributed by atoms with Gasteiger partial charge in [0, 0.05) is 23.9 Å². The van der Waals surface area contributed by atoms with Crippen molar-refractivity contribution in [3.05, 3.63) is 53.1 Å². The van der Waals surface area contributed by atoms with E-state index in [2.05, 4.69) is 10.4 Å². The molecule has 7 heteroatoms. The van der Waals surface area contributed by atoms with E-state index in [0.717, 1.165) is 18.2 Å². The molecular weight excluding hydrogens is 286 g/mol. The van der Waals surface area contributed by atoms with E-state index in [4.69, 9.17) is 0 Å². The predicted molar refractivity (Wildman–Crippen MR) is 70.2 cm³/mol. The van der Waals surface area contributed by atoms with Crippen molar-refractivity contribution in [2.75, 3.05) is 7.05 Å². The third-order valence-corrected chi connectivity index (χ3v) is 3.23. The summed E-state index contributed by atoms with van der Waals surface area (Å²) in [6.07, 6.45) is -1.31. The van der Waals surface area contributed by atoms with Gasteiger partial charge < -0.3 is 5.32 Å². The molecule has 0 fully saturated rings. The monoisotopic (exact) mass is 301 g/mol. The Labute approximate surface area is 119 Å². The average molecular weight is 301 g/mol. The number of hydrogen-bond donors (Lipinski definition) is 1. The molecule has 1 unspecified atom stereocenters. The van der Waals surface area contributed by atoms with Gasteiger partial charge in [0.2, 0.25) is 0 Å². The maximum atomic E-state index is 13.9. The van der Waals surface area contributed by atoms with Gasteiger partial charge in [0.25, 0.3) is 0 Å². The van der Waals surface area contributed by atoms with Gasteiger partial charge in [0.15, 0.2) is 0 Å². The number of aromatic nitrogens is 2. The van der Waals surface area contributed by atoms with Crippen LogP contribution in [0.1, 0.15) is 29.7 Å². The van der Waals surface area contributed by atoms with E-state index in [9.17, 15) is 17.6 Å². The fourth-order valence-corrected chi connectivity index (χ4v) is 2.14. The minimum absolute atomic E-state index is 0.0528. The number of nitrogens with one attached hydrogen (secondary N) is 1. The summed E-state index contributed by atoms with van der Waals surface area (Å²) in [5.41, 5.74) is -0.317. The van der Waals surface area contributed by atoms with Gasteiger partial charge in [-0.1, -0.05) is 0 Å². The van der Waals surface area contributed by atoms with Crippen LogP contribution in [0.2, 0.25) is 0 Å². The van der Waals surface area contributed by atoms with E-state index in [1.54, 1.807) is 17.9 Å². The summed E-state index contributed by atoms with van der Waals surface area (Å²) in [6, 6.07) is 1.72. The first kappa shape index (κ1) is 15.5. The number of alkyl halides is 3. The molecule has 114 valence electrons. The van der Waals surface area contributed by atoms with Crippen molar-refractivity contribution in [1.29, 1.82) is 0 Å². The minimum atomic E-state index is -4.51. The summed E-state index contributed by atoms with van der Waals surface area (Å²) in [7, 11) is 1.56. The van der Waals surface area contributed by atoms with Crippen molar-refractivity contribution < 1.29 is 17.6 Å². The molecule has 1 N–H and O–H groups in total. The molecule has 0 amide bonds. The zero-order valence-electron chi connectivity index (χ0n) is 11.6. The van der Waals surface area contributed by atoms with Crippen LogP contribution in [-0.4, -0.2) is 16.8 Å². The highest BCUT2D eigenvalue weighted by Gasteiger charge is 2.32. The van der Waals surface area contributed by atoms with E-state index in [-0.39, 0.29) is 5.56 Å². The van der Waals surface area contributed by atoms with Crippen LogP contribution in [0, 0.1) is 5.82 Å². The van der Waals surface area contributed by atoms with Crippen LogP contribution < -0.4 is 5.32 Å². The highest BCUT2D eigenvalue weighted by Crippen LogP contribution is 2.33. The molecule has 0 saturated carbocycles. The molecular formula is C14H15F4N3. The molecule has 0 saturated heterocycles. The van der Waals surface area contributed by atoms with Crippen molar-refractivity contribution in [2.24, 2.45) is 0 Å². The molecule has 1 aromatic heterocycles. The number of nitrogens with zero attached hydrogens (tertiary/aromatic N) is 2. The molecule has 0 aliphatic carbocycles. The number of halogens is 4. The summed E-state index contributed by atoms with van der Waals surface area (Å²) in [4.78, 5) is 0. The highest BCUT2D eigenvalue weighted by atomic mass is 19.4. The first-order chi connectivity index (χ1) is 9.86. The Hall–Kier alpha value is -1.89. The smallest absolute Gasteiger partial charge is 0.309 e.